The van der Waals surface area contributed by atoms with Crippen LogP contribution in [0, 0.1) is 0 Å². The molecule has 3 heterocycles. The quantitative estimate of drug-likeness (QED) is 0.159. The summed E-state index contributed by atoms with van der Waals surface area (Å²) in [6.45, 7) is 56.9. The highest BCUT2D eigenvalue weighted by Crippen LogP contribution is 2.52. The predicted molar refractivity (Wildman–Crippen MR) is 395 cm³/mol. The highest BCUT2D eigenvalue weighted by Gasteiger charge is 2.47. The molecule has 0 spiro atoms. The second kappa shape index (κ2) is 21.0. The molecule has 10 aromatic rings. The van der Waals surface area contributed by atoms with Crippen molar-refractivity contribution in [2.24, 2.45) is 0 Å². The number of rotatable bonds is 5. The molecule has 0 fully saturated rings. The average molecular weight is 1190 g/mol. The number of fused-ring (bicyclic) bond motifs is 7. The fourth-order valence-electron chi connectivity index (χ4n) is 14.2. The van der Waals surface area contributed by atoms with E-state index < -0.39 is 0 Å². The normalized spacial score (nSPS) is 14.2. The molecular formula is C86H100BN3. The van der Waals surface area contributed by atoms with Gasteiger partial charge in [-0.05, 0) is 199 Å². The van der Waals surface area contributed by atoms with Gasteiger partial charge in [0.15, 0.2) is 0 Å². The Bertz CT molecular complexity index is 4130. The van der Waals surface area contributed by atoms with Gasteiger partial charge < -0.3 is 14.4 Å². The summed E-state index contributed by atoms with van der Waals surface area (Å²) in [4.78, 5) is 5.44. The third kappa shape index (κ3) is 11.0. The summed E-state index contributed by atoms with van der Waals surface area (Å²) in [7, 11) is 0. The van der Waals surface area contributed by atoms with E-state index in [9.17, 15) is 0 Å². The average Bonchev–Trinajstić information content (AvgIpc) is 0.771. The highest BCUT2D eigenvalue weighted by molar-refractivity contribution is 7.00. The number of hydrogen-bond acceptors (Lipinski definition) is 2. The molecule has 12 rings (SSSR count). The first-order valence-electron chi connectivity index (χ1n) is 33.4. The van der Waals surface area contributed by atoms with Crippen LogP contribution in [0.1, 0.15) is 211 Å². The van der Waals surface area contributed by atoms with Gasteiger partial charge in [0.25, 0.3) is 6.71 Å². The van der Waals surface area contributed by atoms with Crippen molar-refractivity contribution in [3.05, 3.63) is 214 Å². The van der Waals surface area contributed by atoms with Crippen molar-refractivity contribution in [1.29, 1.82) is 0 Å². The summed E-state index contributed by atoms with van der Waals surface area (Å²) < 4.78 is 2.62. The molecule has 0 N–H and O–H groups in total. The van der Waals surface area contributed by atoms with Gasteiger partial charge in [0.1, 0.15) is 0 Å². The zero-order chi connectivity index (χ0) is 65.1. The van der Waals surface area contributed by atoms with E-state index in [1.54, 1.807) is 0 Å². The topological polar surface area (TPSA) is 11.4 Å². The summed E-state index contributed by atoms with van der Waals surface area (Å²) in [6, 6.07) is 67.8. The lowest BCUT2D eigenvalue weighted by Gasteiger charge is -2.46. The minimum Gasteiger partial charge on any atom is -0.311 e. The van der Waals surface area contributed by atoms with Crippen LogP contribution in [0.4, 0.5) is 34.1 Å². The molecule has 0 radical (unpaired) electrons. The molecule has 90 heavy (non-hydrogen) atoms. The molecule has 4 heteroatoms. The van der Waals surface area contributed by atoms with E-state index >= 15 is 0 Å². The van der Waals surface area contributed by atoms with Crippen molar-refractivity contribution in [3.8, 4) is 27.9 Å². The van der Waals surface area contributed by atoms with E-state index in [2.05, 4.69) is 350 Å². The van der Waals surface area contributed by atoms with Gasteiger partial charge in [-0.2, -0.15) is 0 Å². The Balaban J connectivity index is 1.35. The lowest BCUT2D eigenvalue weighted by Crippen LogP contribution is -2.62. The molecule has 0 bridgehead atoms. The third-order valence-electron chi connectivity index (χ3n) is 19.7. The van der Waals surface area contributed by atoms with Crippen LogP contribution >= 0.6 is 0 Å². The molecule has 3 nitrogen and oxygen atoms in total. The maximum atomic E-state index is 2.72. The molecule has 1 aromatic heterocycles. The van der Waals surface area contributed by atoms with Gasteiger partial charge in [0.05, 0.1) is 16.7 Å². The predicted octanol–water partition coefficient (Wildman–Crippen LogP) is 22.6. The van der Waals surface area contributed by atoms with Crippen LogP contribution in [-0.4, -0.2) is 11.3 Å². The Morgan fingerprint density at radius 3 is 0.889 bits per heavy atom. The van der Waals surface area contributed by atoms with Crippen LogP contribution in [0.2, 0.25) is 0 Å². The summed E-state index contributed by atoms with van der Waals surface area (Å²) in [6.07, 6.45) is 0. The molecule has 0 unspecified atom stereocenters. The number of aromatic nitrogens is 1. The summed E-state index contributed by atoms with van der Waals surface area (Å²) in [5, 5.41) is 2.56. The number of anilines is 6. The Morgan fingerprint density at radius 2 is 0.589 bits per heavy atom. The van der Waals surface area contributed by atoms with Crippen LogP contribution < -0.4 is 26.2 Å². The van der Waals surface area contributed by atoms with Crippen LogP contribution in [-0.2, 0) is 43.3 Å². The maximum Gasteiger partial charge on any atom is 0.252 e. The van der Waals surface area contributed by atoms with Gasteiger partial charge >= 0.3 is 0 Å². The van der Waals surface area contributed by atoms with Gasteiger partial charge in [-0.3, -0.25) is 0 Å². The Hall–Kier alpha value is -7.56. The lowest BCUT2D eigenvalue weighted by molar-refractivity contribution is 0.568. The zero-order valence-electron chi connectivity index (χ0n) is 59.1. The van der Waals surface area contributed by atoms with Gasteiger partial charge in [-0.15, -0.1) is 0 Å². The van der Waals surface area contributed by atoms with Gasteiger partial charge in [0, 0.05) is 44.9 Å². The third-order valence-corrected chi connectivity index (χ3v) is 19.7. The van der Waals surface area contributed by atoms with Crippen molar-refractivity contribution in [2.45, 2.75) is 209 Å². The van der Waals surface area contributed by atoms with E-state index in [0.29, 0.717) is 0 Å². The largest absolute Gasteiger partial charge is 0.311 e. The summed E-state index contributed by atoms with van der Waals surface area (Å²) in [5.74, 6) is 0. The molecule has 0 atom stereocenters. The van der Waals surface area contributed by atoms with Crippen LogP contribution in [0.25, 0.3) is 49.7 Å². The van der Waals surface area contributed by atoms with E-state index in [1.807, 2.05) is 0 Å². The fraction of sp³-hybridized carbons (Fsp3) is 0.372. The molecule has 9 aromatic carbocycles. The summed E-state index contributed by atoms with van der Waals surface area (Å²) >= 11 is 0. The van der Waals surface area contributed by atoms with Crippen molar-refractivity contribution >= 4 is 79.0 Å². The van der Waals surface area contributed by atoms with Crippen molar-refractivity contribution in [3.63, 3.8) is 0 Å². The minimum absolute atomic E-state index is 0.0467. The lowest BCUT2D eigenvalue weighted by atomic mass is 9.33. The first-order chi connectivity index (χ1) is 41.7. The van der Waals surface area contributed by atoms with E-state index in [4.69, 9.17) is 0 Å². The van der Waals surface area contributed by atoms with E-state index in [-0.39, 0.29) is 50.0 Å². The zero-order valence-corrected chi connectivity index (χ0v) is 59.1. The van der Waals surface area contributed by atoms with Crippen molar-refractivity contribution in [2.75, 3.05) is 9.80 Å². The Labute approximate surface area is 542 Å². The molecule has 0 saturated carbocycles. The van der Waals surface area contributed by atoms with E-state index in [1.165, 1.54) is 139 Å². The number of benzene rings is 9. The molecule has 0 aliphatic carbocycles. The molecule has 0 amide bonds. The Morgan fingerprint density at radius 1 is 0.267 bits per heavy atom. The van der Waals surface area contributed by atoms with Crippen LogP contribution in [0.3, 0.4) is 0 Å². The molecule has 462 valence electrons. The van der Waals surface area contributed by atoms with Crippen molar-refractivity contribution in [1.82, 2.24) is 4.57 Å². The monoisotopic (exact) mass is 1190 g/mol. The van der Waals surface area contributed by atoms with E-state index in [0.717, 1.165) is 5.69 Å². The molecular weight excluding hydrogens is 1090 g/mol. The fourth-order valence-corrected chi connectivity index (χ4v) is 14.2. The SMILES string of the molecule is CC(C)(C)c1cc(N2c3cc(-c4ccccc4)c(C(C)(C)C)cc3B3c4cc(C(C)(C)C)c(-c5ccccc5)cc4N(c4cc(C(C)(C)C)cc(C(C)(C)C)c4)c4cc(-n5c6ccc(C(C)(C)C)cc6c6cc(C(C)(C)C)ccc65)cc2c43)cc(C(C)(C)C)c1. The first-order valence-corrected chi connectivity index (χ1v) is 33.4. The minimum atomic E-state index is -0.201. The number of nitrogens with zero attached hydrogens (tertiary/aromatic N) is 3. The standard InChI is InChI=1S/C86H100BN3/c1-79(2,3)55-35-37-72-66(45-55)67-46-56(80(4,5)6)36-38-73(67)88(72)63-47-76-78-77(48-63)90(62-43-59(83(13,14)15)40-60(44-62)84(16,17)18)75-50-65(54-33-29-26-30-34-54)69(86(22,23)24)52-71(75)87(78)70-51-68(85(19,20)21)64(53-31-27-25-28-32-53)49-74(70)89(76)61-41-57(81(7,8)9)39-58(42-61)82(10,11)12/h25-52H,1-24H3. The molecule has 2 aliphatic rings. The second-order valence-corrected chi connectivity index (χ2v) is 35.0. The molecule has 2 aliphatic heterocycles. The van der Waals surface area contributed by atoms with Gasteiger partial charge in [-0.1, -0.05) is 263 Å². The maximum absolute atomic E-state index is 2.72. The Kier molecular flexibility index (Phi) is 14.6. The molecule has 0 saturated heterocycles. The summed E-state index contributed by atoms with van der Waals surface area (Å²) in [5.41, 5.74) is 29.3. The van der Waals surface area contributed by atoms with Crippen molar-refractivity contribution < 1.29 is 0 Å². The highest BCUT2D eigenvalue weighted by atomic mass is 15.2. The smallest absolute Gasteiger partial charge is 0.252 e. The number of hydrogen-bond donors (Lipinski definition) is 0. The van der Waals surface area contributed by atoms with Crippen LogP contribution in [0.5, 0.6) is 0 Å². The van der Waals surface area contributed by atoms with Gasteiger partial charge in [-0.25, -0.2) is 0 Å². The van der Waals surface area contributed by atoms with Gasteiger partial charge in [0.2, 0.25) is 0 Å². The second-order valence-electron chi connectivity index (χ2n) is 35.0. The van der Waals surface area contributed by atoms with Crippen LogP contribution in [0.15, 0.2) is 170 Å². The first kappa shape index (κ1) is 62.6.